The molecule has 2 aromatic carbocycles. The van der Waals surface area contributed by atoms with Gasteiger partial charge in [0, 0.05) is 0 Å². The molecule has 61 valence electrons. The standard InChI is InChI=1S/C12H9Si/c1-3-7-11-9(5-1)10-6-2-4-8-12(10)13-11/h1-7H,13H2. The van der Waals surface area contributed by atoms with E-state index in [1.54, 1.807) is 5.19 Å². The summed E-state index contributed by atoms with van der Waals surface area (Å²) in [5.74, 6) is 0. The van der Waals surface area contributed by atoms with Gasteiger partial charge in [-0.1, -0.05) is 47.7 Å². The Morgan fingerprint density at radius 3 is 2.77 bits per heavy atom. The highest BCUT2D eigenvalue weighted by atomic mass is 28.2. The van der Waals surface area contributed by atoms with Crippen LogP contribution in [0.4, 0.5) is 0 Å². The third kappa shape index (κ3) is 0.973. The van der Waals surface area contributed by atoms with Gasteiger partial charge >= 0.3 is 0 Å². The van der Waals surface area contributed by atoms with Crippen LogP contribution in [0.1, 0.15) is 0 Å². The van der Waals surface area contributed by atoms with Crippen LogP contribution in [0.15, 0.2) is 42.5 Å². The summed E-state index contributed by atoms with van der Waals surface area (Å²) in [6, 6.07) is 18.4. The molecule has 0 nitrogen and oxygen atoms in total. The second-order valence-electron chi connectivity index (χ2n) is 3.40. The van der Waals surface area contributed by atoms with E-state index in [1.807, 2.05) is 6.07 Å². The molecule has 0 aromatic heterocycles. The van der Waals surface area contributed by atoms with Crippen molar-refractivity contribution in [2.45, 2.75) is 0 Å². The van der Waals surface area contributed by atoms with Gasteiger partial charge in [-0.2, -0.15) is 0 Å². The average molecular weight is 181 g/mol. The Morgan fingerprint density at radius 2 is 1.77 bits per heavy atom. The largest absolute Gasteiger partial charge is 0.0899 e. The van der Waals surface area contributed by atoms with Crippen LogP contribution >= 0.6 is 0 Å². The van der Waals surface area contributed by atoms with Crippen molar-refractivity contribution in [1.82, 2.24) is 0 Å². The smallest absolute Gasteiger partial charge is 0.0627 e. The van der Waals surface area contributed by atoms with E-state index in [4.69, 9.17) is 0 Å². The lowest BCUT2D eigenvalue weighted by Crippen LogP contribution is -2.20. The fourth-order valence-electron chi connectivity index (χ4n) is 2.00. The lowest BCUT2D eigenvalue weighted by Gasteiger charge is -1.98. The Bertz CT molecular complexity index is 417. The molecule has 0 spiro atoms. The second-order valence-corrected chi connectivity index (χ2v) is 5.22. The summed E-state index contributed by atoms with van der Waals surface area (Å²) in [6.07, 6.45) is 0. The normalized spacial score (nSPS) is 12.3. The monoisotopic (exact) mass is 181 g/mol. The highest BCUT2D eigenvalue weighted by Gasteiger charge is 2.16. The molecule has 1 heterocycles. The molecule has 0 amide bonds. The Morgan fingerprint density at radius 1 is 0.923 bits per heavy atom. The van der Waals surface area contributed by atoms with Crippen LogP contribution in [-0.2, 0) is 0 Å². The van der Waals surface area contributed by atoms with Crippen LogP contribution in [-0.4, -0.2) is 9.52 Å². The highest BCUT2D eigenvalue weighted by Crippen LogP contribution is 2.18. The zero-order chi connectivity index (χ0) is 8.67. The van der Waals surface area contributed by atoms with Crippen LogP contribution in [0.3, 0.4) is 0 Å². The summed E-state index contributed by atoms with van der Waals surface area (Å²) in [7, 11) is -0.216. The van der Waals surface area contributed by atoms with E-state index in [1.165, 1.54) is 16.3 Å². The molecular weight excluding hydrogens is 172 g/mol. The number of hydrogen-bond donors (Lipinski definition) is 0. The molecule has 1 aliphatic rings. The molecule has 3 rings (SSSR count). The van der Waals surface area contributed by atoms with Crippen LogP contribution in [0.25, 0.3) is 11.1 Å². The fourth-order valence-corrected chi connectivity index (χ4v) is 3.85. The van der Waals surface area contributed by atoms with Crippen molar-refractivity contribution in [2.24, 2.45) is 0 Å². The first-order valence-corrected chi connectivity index (χ1v) is 5.94. The van der Waals surface area contributed by atoms with E-state index in [0.29, 0.717) is 0 Å². The zero-order valence-electron chi connectivity index (χ0n) is 7.25. The molecule has 0 saturated carbocycles. The molecule has 2 aromatic rings. The van der Waals surface area contributed by atoms with Crippen molar-refractivity contribution in [1.29, 1.82) is 0 Å². The quantitative estimate of drug-likeness (QED) is 0.445. The van der Waals surface area contributed by atoms with Gasteiger partial charge in [-0.25, -0.2) is 0 Å². The predicted octanol–water partition coefficient (Wildman–Crippen LogP) is 0.587. The van der Waals surface area contributed by atoms with Gasteiger partial charge in [0.1, 0.15) is 0 Å². The first-order chi connectivity index (χ1) is 6.45. The van der Waals surface area contributed by atoms with Gasteiger partial charge in [0.05, 0.1) is 9.52 Å². The van der Waals surface area contributed by atoms with Gasteiger partial charge in [0.25, 0.3) is 0 Å². The van der Waals surface area contributed by atoms with Gasteiger partial charge in [-0.15, -0.1) is 0 Å². The number of fused-ring (bicyclic) bond motifs is 3. The Balaban J connectivity index is 2.32. The minimum Gasteiger partial charge on any atom is -0.0627 e. The Labute approximate surface area is 80.1 Å². The zero-order valence-corrected chi connectivity index (χ0v) is 8.66. The maximum Gasteiger partial charge on any atom is 0.0899 e. The van der Waals surface area contributed by atoms with Crippen molar-refractivity contribution in [3.8, 4) is 11.1 Å². The molecule has 1 heteroatoms. The predicted molar refractivity (Wildman–Crippen MR) is 58.5 cm³/mol. The minimum absolute atomic E-state index is 0.216. The van der Waals surface area contributed by atoms with Crippen LogP contribution in [0, 0.1) is 6.07 Å². The summed E-state index contributed by atoms with van der Waals surface area (Å²) in [5.41, 5.74) is 2.87. The van der Waals surface area contributed by atoms with E-state index in [9.17, 15) is 0 Å². The van der Waals surface area contributed by atoms with Crippen LogP contribution < -0.4 is 10.4 Å². The van der Waals surface area contributed by atoms with Gasteiger partial charge in [-0.3, -0.25) is 0 Å². The molecule has 0 bridgehead atoms. The molecule has 1 radical (unpaired) electrons. The summed E-state index contributed by atoms with van der Waals surface area (Å²) < 4.78 is 0. The highest BCUT2D eigenvalue weighted by molar-refractivity contribution is 6.73. The van der Waals surface area contributed by atoms with Gasteiger partial charge < -0.3 is 0 Å². The van der Waals surface area contributed by atoms with E-state index < -0.39 is 0 Å². The van der Waals surface area contributed by atoms with Gasteiger partial charge in [0.15, 0.2) is 0 Å². The second kappa shape index (κ2) is 2.57. The molecule has 0 N–H and O–H groups in total. The van der Waals surface area contributed by atoms with E-state index in [-0.39, 0.29) is 9.52 Å². The summed E-state index contributed by atoms with van der Waals surface area (Å²) >= 11 is 0. The van der Waals surface area contributed by atoms with Crippen molar-refractivity contribution in [2.75, 3.05) is 0 Å². The first-order valence-electron chi connectivity index (χ1n) is 4.53. The third-order valence-corrected chi connectivity index (χ3v) is 4.55. The van der Waals surface area contributed by atoms with Crippen molar-refractivity contribution in [3.05, 3.63) is 48.5 Å². The van der Waals surface area contributed by atoms with Crippen LogP contribution in [0.2, 0.25) is 0 Å². The minimum atomic E-state index is -0.216. The molecule has 1 aliphatic heterocycles. The van der Waals surface area contributed by atoms with Gasteiger partial charge in [-0.05, 0) is 22.4 Å². The summed E-state index contributed by atoms with van der Waals surface area (Å²) in [5, 5.41) is 3.05. The van der Waals surface area contributed by atoms with Gasteiger partial charge in [0.2, 0.25) is 0 Å². The Hall–Kier alpha value is -1.34. The molecule has 0 aliphatic carbocycles. The van der Waals surface area contributed by atoms with E-state index >= 15 is 0 Å². The maximum absolute atomic E-state index is 3.36. The fraction of sp³-hybridized carbons (Fsp3) is 0. The number of benzene rings is 2. The Kier molecular flexibility index (Phi) is 1.40. The summed E-state index contributed by atoms with van der Waals surface area (Å²) in [6.45, 7) is 0. The molecule has 13 heavy (non-hydrogen) atoms. The molecule has 0 unspecified atom stereocenters. The lowest BCUT2D eigenvalue weighted by atomic mass is 10.1. The topological polar surface area (TPSA) is 0 Å². The molecular formula is C12H9Si. The molecule has 0 fully saturated rings. The van der Waals surface area contributed by atoms with Crippen molar-refractivity contribution in [3.63, 3.8) is 0 Å². The third-order valence-electron chi connectivity index (χ3n) is 2.62. The van der Waals surface area contributed by atoms with Crippen molar-refractivity contribution < 1.29 is 0 Å². The molecule has 0 atom stereocenters. The van der Waals surface area contributed by atoms with Crippen LogP contribution in [0.5, 0.6) is 0 Å². The lowest BCUT2D eigenvalue weighted by molar-refractivity contribution is 1.70. The average Bonchev–Trinajstić information content (AvgIpc) is 2.56. The van der Waals surface area contributed by atoms with Crippen molar-refractivity contribution >= 4 is 19.9 Å². The number of hydrogen-bond acceptors (Lipinski definition) is 0. The number of rotatable bonds is 0. The SMILES string of the molecule is [c]1cccc2c1[SiH2]c1ccccc1-2. The first kappa shape index (κ1) is 7.10. The van der Waals surface area contributed by atoms with E-state index in [2.05, 4.69) is 42.5 Å². The van der Waals surface area contributed by atoms with E-state index in [0.717, 1.165) is 0 Å². The maximum atomic E-state index is 3.36. The molecule has 0 saturated heterocycles. The summed E-state index contributed by atoms with van der Waals surface area (Å²) in [4.78, 5) is 0.